The van der Waals surface area contributed by atoms with Gasteiger partial charge in [-0.3, -0.25) is 9.59 Å². The van der Waals surface area contributed by atoms with Crippen LogP contribution in [0.2, 0.25) is 0 Å². The molecule has 6 nitrogen and oxygen atoms in total. The van der Waals surface area contributed by atoms with Crippen LogP contribution >= 0.6 is 0 Å². The third-order valence-electron chi connectivity index (χ3n) is 5.82. The molecule has 6 heteroatoms. The number of nitrogens with zero attached hydrogens (tertiary/aromatic N) is 1. The van der Waals surface area contributed by atoms with Crippen LogP contribution in [0.4, 0.5) is 0 Å². The number of aryl methyl sites for hydroxylation is 1. The zero-order valence-electron chi connectivity index (χ0n) is 19.0. The van der Waals surface area contributed by atoms with Gasteiger partial charge in [0.15, 0.2) is 5.78 Å². The van der Waals surface area contributed by atoms with Crippen molar-refractivity contribution in [2.24, 2.45) is 18.2 Å². The fourth-order valence-corrected chi connectivity index (χ4v) is 4.21. The summed E-state index contributed by atoms with van der Waals surface area (Å²) in [6, 6.07) is 5.14. The Labute approximate surface area is 174 Å². The molecule has 2 rings (SSSR count). The second kappa shape index (κ2) is 8.28. The molecule has 29 heavy (non-hydrogen) atoms. The van der Waals surface area contributed by atoms with Crippen LogP contribution in [-0.4, -0.2) is 35.4 Å². The number of ketones is 1. The van der Waals surface area contributed by atoms with E-state index in [-0.39, 0.29) is 17.1 Å². The standard InChI is InChI=1S/C23H36N4O2/c1-14(28)19(22(2,3)4)26-21(29)20(25-7)23(5,6)17-13-27(8)18-10-9-15(12-24)11-16(17)18/h9-11,13,19-20,25H,12,24H2,1-8H3,(H,26,29). The van der Waals surface area contributed by atoms with Crippen LogP contribution in [0, 0.1) is 5.41 Å². The topological polar surface area (TPSA) is 89.2 Å². The highest BCUT2D eigenvalue weighted by Gasteiger charge is 2.40. The van der Waals surface area contributed by atoms with Gasteiger partial charge < -0.3 is 20.9 Å². The van der Waals surface area contributed by atoms with Crippen LogP contribution in [0.15, 0.2) is 24.4 Å². The molecule has 0 spiro atoms. The van der Waals surface area contributed by atoms with E-state index < -0.39 is 17.5 Å². The molecule has 2 atom stereocenters. The number of carbonyl (C=O) groups excluding carboxylic acids is 2. The van der Waals surface area contributed by atoms with Gasteiger partial charge in [0.25, 0.3) is 0 Å². The van der Waals surface area contributed by atoms with Crippen molar-refractivity contribution in [2.75, 3.05) is 7.05 Å². The molecule has 0 aliphatic carbocycles. The number of Topliss-reactive ketones (excluding diaryl/α,β-unsaturated/α-hetero) is 1. The summed E-state index contributed by atoms with van der Waals surface area (Å²) < 4.78 is 2.07. The highest BCUT2D eigenvalue weighted by atomic mass is 16.2. The van der Waals surface area contributed by atoms with E-state index in [1.54, 1.807) is 7.05 Å². The van der Waals surface area contributed by atoms with Crippen LogP contribution < -0.4 is 16.4 Å². The Morgan fingerprint density at radius 2 is 1.76 bits per heavy atom. The number of rotatable bonds is 7. The van der Waals surface area contributed by atoms with E-state index >= 15 is 0 Å². The Morgan fingerprint density at radius 3 is 2.24 bits per heavy atom. The van der Waals surface area contributed by atoms with Crippen molar-refractivity contribution in [3.05, 3.63) is 35.5 Å². The molecular weight excluding hydrogens is 364 g/mol. The third kappa shape index (κ3) is 4.54. The van der Waals surface area contributed by atoms with Crippen molar-refractivity contribution in [3.63, 3.8) is 0 Å². The molecule has 1 heterocycles. The molecule has 1 aromatic heterocycles. The van der Waals surface area contributed by atoms with Gasteiger partial charge in [-0.1, -0.05) is 40.7 Å². The summed E-state index contributed by atoms with van der Waals surface area (Å²) in [6.45, 7) is 12.0. The smallest absolute Gasteiger partial charge is 0.238 e. The van der Waals surface area contributed by atoms with Crippen molar-refractivity contribution in [2.45, 2.75) is 65.6 Å². The lowest BCUT2D eigenvalue weighted by atomic mass is 9.76. The number of likely N-dealkylation sites (N-methyl/N-ethyl adjacent to an activating group) is 1. The number of nitrogens with two attached hydrogens (primary N) is 1. The van der Waals surface area contributed by atoms with E-state index in [1.165, 1.54) is 6.92 Å². The Hall–Kier alpha value is -2.18. The van der Waals surface area contributed by atoms with E-state index in [2.05, 4.69) is 47.4 Å². The molecule has 160 valence electrons. The monoisotopic (exact) mass is 400 g/mol. The number of benzene rings is 1. The first-order valence-corrected chi connectivity index (χ1v) is 10.1. The molecule has 0 aliphatic rings. The van der Waals surface area contributed by atoms with Gasteiger partial charge in [-0.05, 0) is 42.6 Å². The Kier molecular flexibility index (Phi) is 6.60. The highest BCUT2D eigenvalue weighted by Crippen LogP contribution is 2.35. The molecule has 0 saturated carbocycles. The highest BCUT2D eigenvalue weighted by molar-refractivity contribution is 5.92. The summed E-state index contributed by atoms with van der Waals surface area (Å²) in [4.78, 5) is 25.4. The SMILES string of the molecule is CNC(C(=O)NC(C(C)=O)C(C)(C)C)C(C)(C)c1cn(C)c2ccc(CN)cc12. The number of nitrogens with one attached hydrogen (secondary N) is 2. The van der Waals surface area contributed by atoms with Crippen LogP contribution in [0.5, 0.6) is 0 Å². The van der Waals surface area contributed by atoms with Crippen molar-refractivity contribution < 1.29 is 9.59 Å². The average Bonchev–Trinajstić information content (AvgIpc) is 2.95. The van der Waals surface area contributed by atoms with Gasteiger partial charge in [0.05, 0.1) is 12.1 Å². The first-order chi connectivity index (χ1) is 13.3. The quantitative estimate of drug-likeness (QED) is 0.666. The average molecular weight is 401 g/mol. The van der Waals surface area contributed by atoms with Gasteiger partial charge in [-0.25, -0.2) is 0 Å². The van der Waals surface area contributed by atoms with E-state index in [0.29, 0.717) is 6.54 Å². The fraction of sp³-hybridized carbons (Fsp3) is 0.565. The lowest BCUT2D eigenvalue weighted by Crippen LogP contribution is -2.58. The zero-order chi connectivity index (χ0) is 22.1. The molecular formula is C23H36N4O2. The van der Waals surface area contributed by atoms with Gasteiger partial charge in [0.1, 0.15) is 0 Å². The van der Waals surface area contributed by atoms with Gasteiger partial charge in [-0.15, -0.1) is 0 Å². The predicted octanol–water partition coefficient (Wildman–Crippen LogP) is 2.62. The molecule has 1 aromatic carbocycles. The van der Waals surface area contributed by atoms with Gasteiger partial charge in [0.2, 0.25) is 5.91 Å². The predicted molar refractivity (Wildman–Crippen MR) is 119 cm³/mol. The minimum absolute atomic E-state index is 0.0451. The minimum atomic E-state index is -0.544. The molecule has 4 N–H and O–H groups in total. The lowest BCUT2D eigenvalue weighted by molar-refractivity contribution is -0.131. The van der Waals surface area contributed by atoms with Gasteiger partial charge in [-0.2, -0.15) is 0 Å². The summed E-state index contributed by atoms with van der Waals surface area (Å²) in [7, 11) is 3.78. The summed E-state index contributed by atoms with van der Waals surface area (Å²) >= 11 is 0. The first-order valence-electron chi connectivity index (χ1n) is 10.1. The Morgan fingerprint density at radius 1 is 1.14 bits per heavy atom. The molecule has 1 amide bonds. The first kappa shape index (κ1) is 23.1. The number of amides is 1. The lowest BCUT2D eigenvalue weighted by Gasteiger charge is -2.36. The fourth-order valence-electron chi connectivity index (χ4n) is 4.21. The Balaban J connectivity index is 2.48. The van der Waals surface area contributed by atoms with Crippen molar-refractivity contribution >= 4 is 22.6 Å². The zero-order valence-corrected chi connectivity index (χ0v) is 19.0. The Bertz CT molecular complexity index is 905. The van der Waals surface area contributed by atoms with E-state index in [4.69, 9.17) is 5.73 Å². The van der Waals surface area contributed by atoms with Gasteiger partial charge in [0, 0.05) is 36.1 Å². The van der Waals surface area contributed by atoms with Gasteiger partial charge >= 0.3 is 0 Å². The van der Waals surface area contributed by atoms with Crippen molar-refractivity contribution in [1.82, 2.24) is 15.2 Å². The van der Waals surface area contributed by atoms with Crippen LogP contribution in [0.1, 0.15) is 52.7 Å². The maximum Gasteiger partial charge on any atom is 0.238 e. The summed E-state index contributed by atoms with van der Waals surface area (Å²) in [5.41, 5.74) is 8.18. The summed E-state index contributed by atoms with van der Waals surface area (Å²) in [5.74, 6) is -0.226. The number of carbonyl (C=O) groups is 2. The second-order valence-electron chi connectivity index (χ2n) is 9.57. The number of hydrogen-bond donors (Lipinski definition) is 3. The number of fused-ring (bicyclic) bond motifs is 1. The molecule has 0 aliphatic heterocycles. The molecule has 0 radical (unpaired) electrons. The molecule has 2 aromatic rings. The van der Waals surface area contributed by atoms with E-state index in [1.807, 2.05) is 33.9 Å². The summed E-state index contributed by atoms with van der Waals surface area (Å²) in [5, 5.41) is 7.25. The van der Waals surface area contributed by atoms with Crippen LogP contribution in [0.3, 0.4) is 0 Å². The number of aromatic nitrogens is 1. The maximum absolute atomic E-state index is 13.3. The molecule has 0 saturated heterocycles. The van der Waals surface area contributed by atoms with E-state index in [0.717, 1.165) is 22.0 Å². The van der Waals surface area contributed by atoms with Crippen molar-refractivity contribution in [3.8, 4) is 0 Å². The normalized spacial score (nSPS) is 14.7. The van der Waals surface area contributed by atoms with Crippen LogP contribution in [0.25, 0.3) is 10.9 Å². The van der Waals surface area contributed by atoms with Crippen LogP contribution in [-0.2, 0) is 28.6 Å². The molecule has 2 unspecified atom stereocenters. The second-order valence-corrected chi connectivity index (χ2v) is 9.57. The maximum atomic E-state index is 13.3. The third-order valence-corrected chi connectivity index (χ3v) is 5.82. The number of hydrogen-bond acceptors (Lipinski definition) is 4. The molecule has 0 bridgehead atoms. The minimum Gasteiger partial charge on any atom is -0.350 e. The van der Waals surface area contributed by atoms with Crippen molar-refractivity contribution in [1.29, 1.82) is 0 Å². The largest absolute Gasteiger partial charge is 0.350 e. The summed E-state index contributed by atoms with van der Waals surface area (Å²) in [6.07, 6.45) is 2.08. The molecule has 0 fully saturated rings. The van der Waals surface area contributed by atoms with E-state index in [9.17, 15) is 9.59 Å².